The van der Waals surface area contributed by atoms with Crippen molar-refractivity contribution in [2.75, 3.05) is 25.5 Å². The first-order valence-corrected chi connectivity index (χ1v) is 8.45. The Morgan fingerprint density at radius 1 is 1.08 bits per heavy atom. The van der Waals surface area contributed by atoms with Crippen molar-refractivity contribution >= 4 is 17.5 Å². The zero-order valence-corrected chi connectivity index (χ0v) is 14.3. The van der Waals surface area contributed by atoms with E-state index in [1.807, 2.05) is 30.3 Å². The van der Waals surface area contributed by atoms with Gasteiger partial charge in [0.05, 0.1) is 6.54 Å². The number of fused-ring (bicyclic) bond motifs is 1. The van der Waals surface area contributed by atoms with Crippen molar-refractivity contribution in [3.63, 3.8) is 0 Å². The molecule has 1 N–H and O–H groups in total. The molecule has 1 aliphatic rings. The molecule has 2 aromatic carbocycles. The van der Waals surface area contributed by atoms with E-state index in [0.717, 1.165) is 12.8 Å². The number of likely N-dealkylation sites (N-methyl/N-ethyl adjacent to an activating group) is 1. The number of nitrogens with zero attached hydrogens (tertiary/aromatic N) is 1. The fourth-order valence-electron chi connectivity index (χ4n) is 2.92. The van der Waals surface area contributed by atoms with Crippen LogP contribution in [0.4, 0.5) is 5.69 Å². The van der Waals surface area contributed by atoms with Crippen molar-refractivity contribution in [2.45, 2.75) is 19.3 Å². The summed E-state index contributed by atoms with van der Waals surface area (Å²) in [6.07, 6.45) is 3.37. The van der Waals surface area contributed by atoms with Gasteiger partial charge < -0.3 is 15.0 Å². The summed E-state index contributed by atoms with van der Waals surface area (Å²) in [6.45, 7) is -0.0881. The van der Waals surface area contributed by atoms with Gasteiger partial charge in [0.25, 0.3) is 5.91 Å². The Hall–Kier alpha value is -2.82. The predicted molar refractivity (Wildman–Crippen MR) is 96.7 cm³/mol. The van der Waals surface area contributed by atoms with Gasteiger partial charge in [0.2, 0.25) is 5.91 Å². The van der Waals surface area contributed by atoms with Crippen LogP contribution in [-0.2, 0) is 22.4 Å². The lowest BCUT2D eigenvalue weighted by Crippen LogP contribution is -2.37. The van der Waals surface area contributed by atoms with Crippen LogP contribution in [0.2, 0.25) is 0 Å². The van der Waals surface area contributed by atoms with E-state index in [2.05, 4.69) is 11.4 Å². The van der Waals surface area contributed by atoms with Crippen molar-refractivity contribution in [2.24, 2.45) is 0 Å². The van der Waals surface area contributed by atoms with E-state index in [9.17, 15) is 9.59 Å². The topological polar surface area (TPSA) is 58.6 Å². The molecule has 0 atom stereocenters. The maximum absolute atomic E-state index is 12.2. The third-order valence-electron chi connectivity index (χ3n) is 4.30. The summed E-state index contributed by atoms with van der Waals surface area (Å²) in [5, 5.41) is 2.76. The maximum atomic E-state index is 12.2. The van der Waals surface area contributed by atoms with Crippen LogP contribution in [0.1, 0.15) is 17.5 Å². The van der Waals surface area contributed by atoms with Crippen molar-refractivity contribution < 1.29 is 14.3 Å². The largest absolute Gasteiger partial charge is 0.484 e. The second kappa shape index (κ2) is 7.83. The van der Waals surface area contributed by atoms with Gasteiger partial charge in [-0.3, -0.25) is 9.59 Å². The molecule has 5 heteroatoms. The molecule has 0 heterocycles. The number of ether oxygens (including phenoxy) is 1. The van der Waals surface area contributed by atoms with Gasteiger partial charge >= 0.3 is 0 Å². The third-order valence-corrected chi connectivity index (χ3v) is 4.30. The van der Waals surface area contributed by atoms with Gasteiger partial charge in [-0.1, -0.05) is 24.3 Å². The highest BCUT2D eigenvalue weighted by Gasteiger charge is 2.15. The highest BCUT2D eigenvalue weighted by Crippen LogP contribution is 2.25. The molecule has 5 nitrogen and oxygen atoms in total. The first-order valence-electron chi connectivity index (χ1n) is 8.45. The summed E-state index contributed by atoms with van der Waals surface area (Å²) in [5.41, 5.74) is 3.39. The maximum Gasteiger partial charge on any atom is 0.260 e. The zero-order valence-electron chi connectivity index (χ0n) is 14.3. The number of hydrogen-bond donors (Lipinski definition) is 1. The van der Waals surface area contributed by atoms with Crippen molar-refractivity contribution in [3.8, 4) is 5.75 Å². The van der Waals surface area contributed by atoms with Gasteiger partial charge in [-0.05, 0) is 54.7 Å². The Morgan fingerprint density at radius 3 is 2.64 bits per heavy atom. The van der Waals surface area contributed by atoms with Gasteiger partial charge in [0.15, 0.2) is 6.61 Å². The number of carbonyl (C=O) groups excluding carboxylic acids is 2. The van der Waals surface area contributed by atoms with Crippen LogP contribution in [-0.4, -0.2) is 36.9 Å². The molecular weight excluding hydrogens is 316 g/mol. The van der Waals surface area contributed by atoms with E-state index in [-0.39, 0.29) is 25.0 Å². The molecule has 130 valence electrons. The first kappa shape index (κ1) is 17.0. The summed E-state index contributed by atoms with van der Waals surface area (Å²) in [6, 6.07) is 15.1. The second-order valence-electron chi connectivity index (χ2n) is 6.24. The summed E-state index contributed by atoms with van der Waals surface area (Å²) in [4.78, 5) is 25.5. The number of aryl methyl sites for hydroxylation is 2. The van der Waals surface area contributed by atoms with E-state index >= 15 is 0 Å². The second-order valence-corrected chi connectivity index (χ2v) is 6.24. The highest BCUT2D eigenvalue weighted by molar-refractivity contribution is 5.94. The minimum absolute atomic E-state index is 0.0126. The van der Waals surface area contributed by atoms with Crippen LogP contribution in [0, 0.1) is 0 Å². The molecule has 0 saturated carbocycles. The average Bonchev–Trinajstić information content (AvgIpc) is 3.08. The van der Waals surface area contributed by atoms with Crippen LogP contribution in [0.3, 0.4) is 0 Å². The highest BCUT2D eigenvalue weighted by atomic mass is 16.5. The number of amides is 2. The average molecular weight is 338 g/mol. The smallest absolute Gasteiger partial charge is 0.260 e. The lowest BCUT2D eigenvalue weighted by molar-refractivity contribution is -0.135. The molecule has 0 aromatic heterocycles. The number of anilines is 1. The standard InChI is InChI=1S/C20H22N2O3/c1-22(13-19(23)21-17-8-3-2-4-9-17)20(24)14-25-18-11-10-15-6-5-7-16(15)12-18/h2-4,8-12H,5-7,13-14H2,1H3,(H,21,23). The minimum atomic E-state index is -0.236. The molecule has 2 amide bonds. The van der Waals surface area contributed by atoms with E-state index in [0.29, 0.717) is 11.4 Å². The van der Waals surface area contributed by atoms with Crippen molar-refractivity contribution in [3.05, 3.63) is 59.7 Å². The Kier molecular flexibility index (Phi) is 5.33. The number of carbonyl (C=O) groups is 2. The van der Waals surface area contributed by atoms with E-state index in [1.54, 1.807) is 19.2 Å². The number of para-hydroxylation sites is 1. The van der Waals surface area contributed by atoms with E-state index in [4.69, 9.17) is 4.74 Å². The summed E-state index contributed by atoms with van der Waals surface area (Å²) >= 11 is 0. The van der Waals surface area contributed by atoms with Gasteiger partial charge in [-0.15, -0.1) is 0 Å². The van der Waals surface area contributed by atoms with Crippen molar-refractivity contribution in [1.82, 2.24) is 4.90 Å². The fraction of sp³-hybridized carbons (Fsp3) is 0.300. The Bertz CT molecular complexity index is 759. The van der Waals surface area contributed by atoms with Gasteiger partial charge in [0.1, 0.15) is 5.75 Å². The molecular formula is C20H22N2O3. The zero-order chi connectivity index (χ0) is 17.6. The van der Waals surface area contributed by atoms with Crippen LogP contribution < -0.4 is 10.1 Å². The number of benzene rings is 2. The van der Waals surface area contributed by atoms with Crippen LogP contribution in [0.5, 0.6) is 5.75 Å². The first-order chi connectivity index (χ1) is 12.1. The minimum Gasteiger partial charge on any atom is -0.484 e. The molecule has 0 radical (unpaired) electrons. The summed E-state index contributed by atoms with van der Waals surface area (Å²) in [5.74, 6) is 0.236. The molecule has 25 heavy (non-hydrogen) atoms. The number of rotatable bonds is 6. The Labute approximate surface area is 147 Å². The van der Waals surface area contributed by atoms with Crippen LogP contribution >= 0.6 is 0 Å². The van der Waals surface area contributed by atoms with Gasteiger partial charge in [-0.25, -0.2) is 0 Å². The Balaban J connectivity index is 1.46. The van der Waals surface area contributed by atoms with E-state index in [1.165, 1.54) is 22.4 Å². The summed E-state index contributed by atoms with van der Waals surface area (Å²) in [7, 11) is 1.60. The van der Waals surface area contributed by atoms with Gasteiger partial charge in [-0.2, -0.15) is 0 Å². The summed E-state index contributed by atoms with van der Waals surface area (Å²) < 4.78 is 5.59. The lowest BCUT2D eigenvalue weighted by Gasteiger charge is -2.17. The molecule has 1 aliphatic carbocycles. The number of hydrogen-bond acceptors (Lipinski definition) is 3. The van der Waals surface area contributed by atoms with Crippen LogP contribution in [0.25, 0.3) is 0 Å². The number of nitrogens with one attached hydrogen (secondary N) is 1. The molecule has 2 aromatic rings. The quantitative estimate of drug-likeness (QED) is 0.881. The lowest BCUT2D eigenvalue weighted by atomic mass is 10.1. The molecule has 3 rings (SSSR count). The predicted octanol–water partition coefficient (Wildman–Crippen LogP) is 2.65. The van der Waals surface area contributed by atoms with Crippen molar-refractivity contribution in [1.29, 1.82) is 0 Å². The Morgan fingerprint density at radius 2 is 1.84 bits per heavy atom. The molecule has 0 aliphatic heterocycles. The third kappa shape index (κ3) is 4.59. The molecule has 0 bridgehead atoms. The SMILES string of the molecule is CN(CC(=O)Nc1ccccc1)C(=O)COc1ccc2c(c1)CCC2. The van der Waals surface area contributed by atoms with Crippen LogP contribution in [0.15, 0.2) is 48.5 Å². The molecule has 0 fully saturated rings. The normalized spacial score (nSPS) is 12.4. The van der Waals surface area contributed by atoms with E-state index < -0.39 is 0 Å². The monoisotopic (exact) mass is 338 g/mol. The molecule has 0 spiro atoms. The van der Waals surface area contributed by atoms with Gasteiger partial charge in [0, 0.05) is 12.7 Å². The molecule has 0 saturated heterocycles. The fourth-order valence-corrected chi connectivity index (χ4v) is 2.92. The molecule has 0 unspecified atom stereocenters.